The second kappa shape index (κ2) is 15.4. The van der Waals surface area contributed by atoms with Crippen LogP contribution >= 0.6 is 7.26 Å². The van der Waals surface area contributed by atoms with Gasteiger partial charge in [-0.3, -0.25) is 0 Å². The van der Waals surface area contributed by atoms with Crippen molar-refractivity contribution in [3.8, 4) is 0 Å². The summed E-state index contributed by atoms with van der Waals surface area (Å²) in [4.78, 5) is 0. The number of unbranched alkanes of at least 4 members (excludes halogenated alkanes) is 1. The maximum atomic E-state index is 7.13. The molecule has 0 atom stereocenters. The summed E-state index contributed by atoms with van der Waals surface area (Å²) < 4.78 is 7.13. The van der Waals surface area contributed by atoms with Gasteiger partial charge in [0.2, 0.25) is 0 Å². The van der Waals surface area contributed by atoms with Gasteiger partial charge >= 0.3 is 0 Å². The molecule has 6 aromatic carbocycles. The molecule has 0 saturated heterocycles. The second-order valence-corrected chi connectivity index (χ2v) is 14.5. The summed E-state index contributed by atoms with van der Waals surface area (Å²) >= 11 is 0. The third-order valence-corrected chi connectivity index (χ3v) is 12.9. The summed E-state index contributed by atoms with van der Waals surface area (Å²) in [7, 11) is -1.86. The maximum Gasteiger partial charge on any atom is 0.143 e. The van der Waals surface area contributed by atoms with E-state index in [4.69, 9.17) is 4.74 Å². The molecule has 0 spiro atoms. The molecule has 44 heavy (non-hydrogen) atoms. The smallest absolute Gasteiger partial charge is 0.143 e. The average Bonchev–Trinajstić information content (AvgIpc) is 3.11. The molecule has 1 nitrogen and oxygen atoms in total. The van der Waals surface area contributed by atoms with Crippen molar-refractivity contribution < 1.29 is 28.7 Å². The van der Waals surface area contributed by atoms with Gasteiger partial charge < -0.3 is 28.7 Å². The van der Waals surface area contributed by atoms with Gasteiger partial charge in [0.15, 0.2) is 0 Å². The molecular weight excluding hydrogens is 666 g/mol. The largest absolute Gasteiger partial charge is 1.00 e. The molecule has 0 aromatic heterocycles. The lowest BCUT2D eigenvalue weighted by atomic mass is 9.80. The van der Waals surface area contributed by atoms with E-state index < -0.39 is 12.9 Å². The fourth-order valence-corrected chi connectivity index (χ4v) is 10.7. The van der Waals surface area contributed by atoms with Crippen molar-refractivity contribution in [3.05, 3.63) is 199 Å². The zero-order chi connectivity index (χ0) is 29.2. The van der Waals surface area contributed by atoms with Crippen LogP contribution in [-0.2, 0) is 10.3 Å². The number of ether oxygens (including phenoxy) is 1. The molecule has 0 aliphatic heterocycles. The first-order valence-corrected chi connectivity index (χ1v) is 17.2. The summed E-state index contributed by atoms with van der Waals surface area (Å²) in [6.45, 7) is 0.650. The Bertz CT molecular complexity index is 1340. The van der Waals surface area contributed by atoms with Crippen LogP contribution in [0.4, 0.5) is 0 Å². The van der Waals surface area contributed by atoms with Crippen molar-refractivity contribution in [1.82, 2.24) is 0 Å². The number of hydrogen-bond acceptors (Lipinski definition) is 1. The lowest BCUT2D eigenvalue weighted by Gasteiger charge is -2.36. The highest BCUT2D eigenvalue weighted by Gasteiger charge is 2.44. The number of rotatable bonds is 12. The maximum absolute atomic E-state index is 7.13. The van der Waals surface area contributed by atoms with Gasteiger partial charge in [-0.1, -0.05) is 146 Å². The zero-order valence-corrected chi connectivity index (χ0v) is 27.9. The van der Waals surface area contributed by atoms with E-state index >= 15 is 0 Å². The number of benzene rings is 6. The first-order valence-electron chi connectivity index (χ1n) is 15.2. The van der Waals surface area contributed by atoms with Gasteiger partial charge in [0.05, 0.1) is 6.16 Å². The minimum atomic E-state index is -1.86. The molecule has 0 amide bonds. The van der Waals surface area contributed by atoms with Gasteiger partial charge in [-0.15, -0.1) is 0 Å². The van der Waals surface area contributed by atoms with Gasteiger partial charge in [0.25, 0.3) is 0 Å². The monoisotopic (exact) mass is 704 g/mol. The van der Waals surface area contributed by atoms with Crippen molar-refractivity contribution in [1.29, 1.82) is 0 Å². The van der Waals surface area contributed by atoms with Crippen LogP contribution < -0.4 is 39.9 Å². The molecule has 0 heterocycles. The topological polar surface area (TPSA) is 9.23 Å². The molecule has 0 bridgehead atoms. The molecule has 0 fully saturated rings. The lowest BCUT2D eigenvalue weighted by Crippen LogP contribution is -3.00. The third-order valence-electron chi connectivity index (χ3n) is 8.34. The van der Waals surface area contributed by atoms with Crippen molar-refractivity contribution in [2.45, 2.75) is 18.4 Å². The Morgan fingerprint density at radius 3 is 1.00 bits per heavy atom. The Labute approximate surface area is 280 Å². The molecule has 0 unspecified atom stereocenters. The van der Waals surface area contributed by atoms with Gasteiger partial charge in [-0.2, -0.15) is 0 Å². The van der Waals surface area contributed by atoms with Gasteiger partial charge in [-0.25, -0.2) is 0 Å². The van der Waals surface area contributed by atoms with E-state index in [0.717, 1.165) is 35.7 Å². The Kier molecular flexibility index (Phi) is 11.2. The van der Waals surface area contributed by atoms with Crippen molar-refractivity contribution in [2.24, 2.45) is 0 Å². The minimum Gasteiger partial charge on any atom is -1.00 e. The van der Waals surface area contributed by atoms with Crippen LogP contribution in [0.1, 0.15) is 29.5 Å². The highest BCUT2D eigenvalue weighted by atomic mass is 127. The van der Waals surface area contributed by atoms with Crippen LogP contribution in [0.3, 0.4) is 0 Å². The predicted octanol–water partition coefficient (Wildman–Crippen LogP) is 5.77. The van der Waals surface area contributed by atoms with E-state index in [2.05, 4.69) is 182 Å². The summed E-state index contributed by atoms with van der Waals surface area (Å²) in [6.07, 6.45) is 3.10. The lowest BCUT2D eigenvalue weighted by molar-refractivity contribution is -0.0000176. The molecule has 3 heteroatoms. The summed E-state index contributed by atoms with van der Waals surface area (Å²) in [5, 5.41) is 4.29. The molecule has 0 radical (unpaired) electrons. The van der Waals surface area contributed by atoms with E-state index in [1.54, 1.807) is 0 Å². The minimum absolute atomic E-state index is 0. The third kappa shape index (κ3) is 6.59. The number of hydrogen-bond donors (Lipinski definition) is 0. The molecule has 0 aliphatic rings. The van der Waals surface area contributed by atoms with Crippen LogP contribution in [0.5, 0.6) is 0 Å². The van der Waals surface area contributed by atoms with Crippen LogP contribution in [-0.4, -0.2) is 12.8 Å². The number of halogens is 1. The van der Waals surface area contributed by atoms with E-state index in [9.17, 15) is 0 Å². The molecular formula is C41H38IOP. The second-order valence-electron chi connectivity index (χ2n) is 10.9. The average molecular weight is 705 g/mol. The highest BCUT2D eigenvalue weighted by Crippen LogP contribution is 2.56. The van der Waals surface area contributed by atoms with Crippen molar-refractivity contribution >= 4 is 23.2 Å². The van der Waals surface area contributed by atoms with Gasteiger partial charge in [0, 0.05) is 6.61 Å². The summed E-state index contributed by atoms with van der Waals surface area (Å²) in [5.74, 6) is 0. The highest BCUT2D eigenvalue weighted by molar-refractivity contribution is 7.95. The standard InChI is InChI=1S/C41H38OP.HI/c1-7-21-35(22-8-1)41(36-23-9-2-10-24-36,37-25-11-3-12-26-37)42-33-19-20-34-43(38-27-13-4-14-28-38,39-29-15-5-16-30-39)40-31-17-6-18-32-40;/h1-18,21-32H,19-20,33-34H2;1H/q+1;/p-1. The molecule has 0 aliphatic carbocycles. The SMILES string of the molecule is [I-].c1ccc(C(OCCCC[P+](c2ccccc2)(c2ccccc2)c2ccccc2)(c2ccccc2)c2ccccc2)cc1. The van der Waals surface area contributed by atoms with Crippen LogP contribution in [0.15, 0.2) is 182 Å². The van der Waals surface area contributed by atoms with Crippen LogP contribution in [0.2, 0.25) is 0 Å². The fraction of sp³-hybridized carbons (Fsp3) is 0.122. The Morgan fingerprint density at radius 1 is 0.386 bits per heavy atom. The van der Waals surface area contributed by atoms with E-state index in [1.807, 2.05) is 0 Å². The molecule has 220 valence electrons. The summed E-state index contributed by atoms with van der Waals surface area (Å²) in [5.41, 5.74) is 2.75. The van der Waals surface area contributed by atoms with Gasteiger partial charge in [0.1, 0.15) is 28.8 Å². The van der Waals surface area contributed by atoms with E-state index in [0.29, 0.717) is 6.61 Å². The van der Waals surface area contributed by atoms with Crippen molar-refractivity contribution in [3.63, 3.8) is 0 Å². The summed E-state index contributed by atoms with van der Waals surface area (Å²) in [6, 6.07) is 65.5. The zero-order valence-electron chi connectivity index (χ0n) is 24.9. The quantitative estimate of drug-likeness (QED) is 0.0681. The Balaban J connectivity index is 0.00000384. The molecule has 0 N–H and O–H groups in total. The molecule has 6 aromatic rings. The van der Waals surface area contributed by atoms with Crippen LogP contribution in [0.25, 0.3) is 0 Å². The van der Waals surface area contributed by atoms with Gasteiger partial charge in [-0.05, 0) is 65.9 Å². The first kappa shape index (κ1) is 31.9. The first-order chi connectivity index (χ1) is 21.3. The van der Waals surface area contributed by atoms with Crippen molar-refractivity contribution in [2.75, 3.05) is 12.8 Å². The Morgan fingerprint density at radius 2 is 0.682 bits per heavy atom. The predicted molar refractivity (Wildman–Crippen MR) is 184 cm³/mol. The van der Waals surface area contributed by atoms with Crippen LogP contribution in [0, 0.1) is 0 Å². The normalized spacial score (nSPS) is 11.5. The Hall–Kier alpha value is -3.56. The van der Waals surface area contributed by atoms with E-state index in [1.165, 1.54) is 15.9 Å². The van der Waals surface area contributed by atoms with E-state index in [-0.39, 0.29) is 24.0 Å². The fourth-order valence-electron chi connectivity index (χ4n) is 6.33. The molecule has 0 saturated carbocycles. The molecule has 6 rings (SSSR count).